The van der Waals surface area contributed by atoms with Crippen LogP contribution in [0.3, 0.4) is 0 Å². The fourth-order valence-electron chi connectivity index (χ4n) is 2.42. The van der Waals surface area contributed by atoms with Crippen molar-refractivity contribution < 1.29 is 28.7 Å². The highest BCUT2D eigenvalue weighted by Crippen LogP contribution is 2.17. The first kappa shape index (κ1) is 22.4. The van der Waals surface area contributed by atoms with Gasteiger partial charge in [0.2, 0.25) is 0 Å². The van der Waals surface area contributed by atoms with Crippen LogP contribution in [0.1, 0.15) is 21.5 Å². The van der Waals surface area contributed by atoms with Gasteiger partial charge < -0.3 is 20.1 Å². The third-order valence-electron chi connectivity index (χ3n) is 4.20. The zero-order chi connectivity index (χ0) is 22.1. The van der Waals surface area contributed by atoms with Crippen molar-refractivity contribution in [3.05, 3.63) is 59.2 Å². The fraction of sp³-hybridized carbons (Fsp3) is 0.238. The normalized spacial score (nSPS) is 9.97. The molecule has 3 N–H and O–H groups in total. The quantitative estimate of drug-likeness (QED) is 0.596. The van der Waals surface area contributed by atoms with Gasteiger partial charge in [-0.15, -0.1) is 0 Å². The minimum atomic E-state index is -0.823. The summed E-state index contributed by atoms with van der Waals surface area (Å²) in [6.45, 7) is 2.65. The van der Waals surface area contributed by atoms with E-state index in [0.717, 1.165) is 11.1 Å². The molecule has 0 heterocycles. The van der Waals surface area contributed by atoms with Crippen LogP contribution in [0.4, 0.5) is 10.5 Å². The first-order valence-corrected chi connectivity index (χ1v) is 9.05. The summed E-state index contributed by atoms with van der Waals surface area (Å²) in [5, 5.41) is 7.00. The molecule has 2 aromatic carbocycles. The van der Waals surface area contributed by atoms with Gasteiger partial charge >= 0.3 is 12.0 Å². The van der Waals surface area contributed by atoms with Crippen LogP contribution in [0, 0.1) is 13.8 Å². The minimum absolute atomic E-state index is 0.308. The summed E-state index contributed by atoms with van der Waals surface area (Å²) >= 11 is 0. The maximum absolute atomic E-state index is 12.0. The van der Waals surface area contributed by atoms with Gasteiger partial charge in [-0.2, -0.15) is 0 Å². The van der Waals surface area contributed by atoms with Crippen LogP contribution >= 0.6 is 0 Å². The topological polar surface area (TPSA) is 123 Å². The summed E-state index contributed by atoms with van der Waals surface area (Å²) in [4.78, 5) is 47.4. The van der Waals surface area contributed by atoms with Gasteiger partial charge in [-0.05, 0) is 49.2 Å². The average Bonchev–Trinajstić information content (AvgIpc) is 2.73. The molecule has 0 unspecified atom stereocenters. The molecule has 9 nitrogen and oxygen atoms in total. The van der Waals surface area contributed by atoms with E-state index in [-0.39, 0.29) is 0 Å². The molecule has 0 bridgehead atoms. The second-order valence-corrected chi connectivity index (χ2v) is 6.33. The molecule has 158 valence electrons. The van der Waals surface area contributed by atoms with E-state index >= 15 is 0 Å². The third-order valence-corrected chi connectivity index (χ3v) is 4.20. The summed E-state index contributed by atoms with van der Waals surface area (Å²) in [7, 11) is 1.47. The fourth-order valence-corrected chi connectivity index (χ4v) is 2.42. The molecule has 2 aromatic rings. The lowest BCUT2D eigenvalue weighted by molar-refractivity contribution is -0.147. The molecule has 4 amide bonds. The molecular formula is C21H23N3O6. The number of esters is 1. The Morgan fingerprint density at radius 1 is 1.00 bits per heavy atom. The summed E-state index contributed by atoms with van der Waals surface area (Å²) in [5.41, 5.74) is 2.74. The zero-order valence-corrected chi connectivity index (χ0v) is 16.9. The Bertz CT molecular complexity index is 958. The van der Waals surface area contributed by atoms with E-state index in [4.69, 9.17) is 9.47 Å². The zero-order valence-electron chi connectivity index (χ0n) is 16.9. The van der Waals surface area contributed by atoms with Gasteiger partial charge in [-0.1, -0.05) is 18.2 Å². The number of rotatable bonds is 7. The van der Waals surface area contributed by atoms with E-state index in [1.54, 1.807) is 30.3 Å². The molecule has 0 saturated carbocycles. The molecule has 0 fully saturated rings. The number of amides is 4. The van der Waals surface area contributed by atoms with E-state index in [2.05, 4.69) is 16.0 Å². The largest absolute Gasteiger partial charge is 0.497 e. The standard InChI is InChI=1S/C21H23N3O6/c1-13-6-4-9-17(14(13)2)23-21(28)24-18(25)12-30-19(26)11-22-20(27)15-7-5-8-16(10-15)29-3/h4-10H,11-12H2,1-3H3,(H,22,27)(H2,23,24,25,28). The number of anilines is 1. The van der Waals surface area contributed by atoms with Gasteiger partial charge in [0.05, 0.1) is 7.11 Å². The van der Waals surface area contributed by atoms with Crippen LogP contribution in [-0.2, 0) is 14.3 Å². The minimum Gasteiger partial charge on any atom is -0.497 e. The molecule has 0 atom stereocenters. The third kappa shape index (κ3) is 6.62. The van der Waals surface area contributed by atoms with Crippen LogP contribution in [0.5, 0.6) is 5.75 Å². The summed E-state index contributed by atoms with van der Waals surface area (Å²) in [5.74, 6) is -1.62. The number of carbonyl (C=O) groups excluding carboxylic acids is 4. The summed E-state index contributed by atoms with van der Waals surface area (Å²) < 4.78 is 9.79. The number of carbonyl (C=O) groups is 4. The molecule has 0 aromatic heterocycles. The van der Waals surface area contributed by atoms with Crippen molar-refractivity contribution in [1.82, 2.24) is 10.6 Å². The monoisotopic (exact) mass is 413 g/mol. The molecule has 30 heavy (non-hydrogen) atoms. The van der Waals surface area contributed by atoms with Crippen molar-refractivity contribution in [2.45, 2.75) is 13.8 Å². The molecule has 9 heteroatoms. The number of methoxy groups -OCH3 is 1. The molecule has 2 rings (SSSR count). The smallest absolute Gasteiger partial charge is 0.325 e. The number of aryl methyl sites for hydroxylation is 1. The van der Waals surface area contributed by atoms with Crippen LogP contribution < -0.4 is 20.7 Å². The number of urea groups is 1. The van der Waals surface area contributed by atoms with Crippen LogP contribution in [-0.4, -0.2) is 44.1 Å². The van der Waals surface area contributed by atoms with Gasteiger partial charge in [0, 0.05) is 11.3 Å². The molecule has 0 radical (unpaired) electrons. The first-order chi connectivity index (χ1) is 14.3. The van der Waals surface area contributed by atoms with E-state index in [0.29, 0.717) is 17.0 Å². The SMILES string of the molecule is COc1cccc(C(=O)NCC(=O)OCC(=O)NC(=O)Nc2cccc(C)c2C)c1. The first-order valence-electron chi connectivity index (χ1n) is 9.05. The van der Waals surface area contributed by atoms with Crippen LogP contribution in [0.15, 0.2) is 42.5 Å². The lowest BCUT2D eigenvalue weighted by Crippen LogP contribution is -2.38. The average molecular weight is 413 g/mol. The van der Waals surface area contributed by atoms with E-state index < -0.39 is 37.0 Å². The highest BCUT2D eigenvalue weighted by atomic mass is 16.5. The molecule has 0 spiro atoms. The highest BCUT2D eigenvalue weighted by molar-refractivity contribution is 6.02. The molecule has 0 aliphatic heterocycles. The number of ether oxygens (including phenoxy) is 2. The Labute approximate surface area is 173 Å². The number of nitrogens with one attached hydrogen (secondary N) is 3. The molecule has 0 saturated heterocycles. The van der Waals surface area contributed by atoms with Crippen molar-refractivity contribution in [3.8, 4) is 5.75 Å². The van der Waals surface area contributed by atoms with Crippen LogP contribution in [0.2, 0.25) is 0 Å². The van der Waals surface area contributed by atoms with Gasteiger partial charge in [0.15, 0.2) is 6.61 Å². The predicted octanol–water partition coefficient (Wildman–Crippen LogP) is 1.93. The maximum atomic E-state index is 12.0. The second-order valence-electron chi connectivity index (χ2n) is 6.33. The Morgan fingerprint density at radius 2 is 1.73 bits per heavy atom. The second kappa shape index (κ2) is 10.6. The van der Waals surface area contributed by atoms with Crippen molar-refractivity contribution in [2.24, 2.45) is 0 Å². The summed E-state index contributed by atoms with van der Waals surface area (Å²) in [6.07, 6.45) is 0. The summed E-state index contributed by atoms with van der Waals surface area (Å²) in [6, 6.07) is 11.0. The Balaban J connectivity index is 1.73. The number of hydrogen-bond acceptors (Lipinski definition) is 6. The number of hydrogen-bond donors (Lipinski definition) is 3. The van der Waals surface area contributed by atoms with Crippen molar-refractivity contribution in [1.29, 1.82) is 0 Å². The van der Waals surface area contributed by atoms with E-state index in [9.17, 15) is 19.2 Å². The van der Waals surface area contributed by atoms with Crippen molar-refractivity contribution in [2.75, 3.05) is 25.6 Å². The lowest BCUT2D eigenvalue weighted by Gasteiger charge is -2.11. The molecular weight excluding hydrogens is 390 g/mol. The van der Waals surface area contributed by atoms with Crippen molar-refractivity contribution in [3.63, 3.8) is 0 Å². The maximum Gasteiger partial charge on any atom is 0.325 e. The lowest BCUT2D eigenvalue weighted by atomic mass is 10.1. The van der Waals surface area contributed by atoms with E-state index in [1.807, 2.05) is 19.9 Å². The van der Waals surface area contributed by atoms with Gasteiger partial charge in [-0.25, -0.2) is 4.79 Å². The highest BCUT2D eigenvalue weighted by Gasteiger charge is 2.14. The number of imide groups is 1. The molecule has 0 aliphatic rings. The van der Waals surface area contributed by atoms with Gasteiger partial charge in [-0.3, -0.25) is 19.7 Å². The van der Waals surface area contributed by atoms with Crippen LogP contribution in [0.25, 0.3) is 0 Å². The van der Waals surface area contributed by atoms with Gasteiger partial charge in [0.1, 0.15) is 12.3 Å². The van der Waals surface area contributed by atoms with E-state index in [1.165, 1.54) is 13.2 Å². The Kier molecular flexibility index (Phi) is 7.92. The number of benzene rings is 2. The Morgan fingerprint density at radius 3 is 2.47 bits per heavy atom. The van der Waals surface area contributed by atoms with Crippen molar-refractivity contribution >= 4 is 29.5 Å². The Hall–Kier alpha value is -3.88. The molecule has 0 aliphatic carbocycles. The predicted molar refractivity (Wildman–Crippen MR) is 109 cm³/mol. The van der Waals surface area contributed by atoms with Gasteiger partial charge in [0.25, 0.3) is 11.8 Å².